The van der Waals surface area contributed by atoms with Crippen molar-refractivity contribution < 1.29 is 9.15 Å². The minimum absolute atomic E-state index is 0.0774. The number of ether oxygens (including phenoxy) is 1. The first-order chi connectivity index (χ1) is 9.82. The third-order valence-electron chi connectivity index (χ3n) is 4.22. The molecule has 114 valence electrons. The molecule has 0 spiro atoms. The van der Waals surface area contributed by atoms with Gasteiger partial charge in [0, 0.05) is 28.5 Å². The second-order valence-electron chi connectivity index (χ2n) is 5.85. The van der Waals surface area contributed by atoms with Crippen molar-refractivity contribution in [1.82, 2.24) is 0 Å². The highest BCUT2D eigenvalue weighted by Gasteiger charge is 2.14. The Bertz CT molecular complexity index is 716. The molecule has 1 heterocycles. The van der Waals surface area contributed by atoms with Crippen LogP contribution in [0.5, 0.6) is 5.75 Å². The van der Waals surface area contributed by atoms with E-state index in [1.807, 2.05) is 32.9 Å². The number of rotatable bonds is 4. The van der Waals surface area contributed by atoms with Crippen LogP contribution in [0.2, 0.25) is 0 Å². The predicted octanol–water partition coefficient (Wildman–Crippen LogP) is 3.08. The minimum Gasteiger partial charge on any atom is -0.493 e. The van der Waals surface area contributed by atoms with Gasteiger partial charge < -0.3 is 14.9 Å². The number of aryl methyl sites for hydroxylation is 2. The standard InChI is InChI=1S/C17H23NO3/c1-9(13(5)18)8-20-15-7-6-14-10(2)11(3)17(19)21-16(14)12(15)4/h6-7,9,13H,8,18H2,1-5H3. The molecule has 21 heavy (non-hydrogen) atoms. The fraction of sp³-hybridized carbons (Fsp3) is 0.471. The monoisotopic (exact) mass is 289 g/mol. The zero-order valence-corrected chi connectivity index (χ0v) is 13.3. The van der Waals surface area contributed by atoms with Crippen molar-refractivity contribution in [2.24, 2.45) is 11.7 Å². The van der Waals surface area contributed by atoms with Crippen molar-refractivity contribution in [2.45, 2.75) is 40.7 Å². The van der Waals surface area contributed by atoms with Crippen molar-refractivity contribution in [3.8, 4) is 5.75 Å². The van der Waals surface area contributed by atoms with E-state index in [-0.39, 0.29) is 17.6 Å². The summed E-state index contributed by atoms with van der Waals surface area (Å²) in [5, 5.41) is 0.956. The first kappa shape index (κ1) is 15.6. The van der Waals surface area contributed by atoms with Crippen LogP contribution < -0.4 is 16.1 Å². The first-order valence-electron chi connectivity index (χ1n) is 7.25. The van der Waals surface area contributed by atoms with Crippen LogP contribution in [0.15, 0.2) is 21.3 Å². The van der Waals surface area contributed by atoms with Gasteiger partial charge in [0.25, 0.3) is 0 Å². The van der Waals surface area contributed by atoms with Gasteiger partial charge in [-0.2, -0.15) is 0 Å². The number of nitrogens with two attached hydrogens (primary N) is 1. The number of fused-ring (bicyclic) bond motifs is 1. The Balaban J connectivity index is 2.43. The molecule has 0 bridgehead atoms. The lowest BCUT2D eigenvalue weighted by Gasteiger charge is -2.18. The molecule has 0 saturated heterocycles. The van der Waals surface area contributed by atoms with Gasteiger partial charge in [0.1, 0.15) is 11.3 Å². The van der Waals surface area contributed by atoms with Gasteiger partial charge in [-0.25, -0.2) is 4.79 Å². The smallest absolute Gasteiger partial charge is 0.339 e. The lowest BCUT2D eigenvalue weighted by Crippen LogP contribution is -2.28. The maximum absolute atomic E-state index is 11.8. The van der Waals surface area contributed by atoms with Gasteiger partial charge in [-0.05, 0) is 45.4 Å². The van der Waals surface area contributed by atoms with Gasteiger partial charge in [0.2, 0.25) is 0 Å². The molecule has 0 aliphatic rings. The highest BCUT2D eigenvalue weighted by Crippen LogP contribution is 2.29. The quantitative estimate of drug-likeness (QED) is 0.878. The number of hydrogen-bond donors (Lipinski definition) is 1. The van der Waals surface area contributed by atoms with Crippen LogP contribution in [0.3, 0.4) is 0 Å². The average molecular weight is 289 g/mol. The maximum Gasteiger partial charge on any atom is 0.339 e. The van der Waals surface area contributed by atoms with Crippen LogP contribution in [-0.4, -0.2) is 12.6 Å². The SMILES string of the molecule is Cc1c(C)c2ccc(OCC(C)C(C)N)c(C)c2oc1=O. The fourth-order valence-electron chi connectivity index (χ4n) is 2.15. The van der Waals surface area contributed by atoms with Crippen LogP contribution in [-0.2, 0) is 0 Å². The van der Waals surface area contributed by atoms with Gasteiger partial charge in [-0.3, -0.25) is 0 Å². The molecule has 2 atom stereocenters. The van der Waals surface area contributed by atoms with E-state index < -0.39 is 0 Å². The molecule has 2 N–H and O–H groups in total. The molecule has 0 fully saturated rings. The lowest BCUT2D eigenvalue weighted by molar-refractivity contribution is 0.241. The van der Waals surface area contributed by atoms with Gasteiger partial charge in [-0.1, -0.05) is 6.92 Å². The molecule has 1 aromatic heterocycles. The van der Waals surface area contributed by atoms with Crippen LogP contribution in [0.4, 0.5) is 0 Å². The molecule has 0 aliphatic carbocycles. The van der Waals surface area contributed by atoms with Gasteiger partial charge in [0.05, 0.1) is 6.61 Å². The van der Waals surface area contributed by atoms with E-state index in [1.165, 1.54) is 0 Å². The Labute approximate surface area is 124 Å². The second-order valence-corrected chi connectivity index (χ2v) is 5.85. The molecular weight excluding hydrogens is 266 g/mol. The summed E-state index contributed by atoms with van der Waals surface area (Å²) in [5.74, 6) is 0.994. The largest absolute Gasteiger partial charge is 0.493 e. The summed E-state index contributed by atoms with van der Waals surface area (Å²) in [5.41, 5.74) is 8.63. The highest BCUT2D eigenvalue weighted by atomic mass is 16.5. The van der Waals surface area contributed by atoms with Gasteiger partial charge >= 0.3 is 5.63 Å². The van der Waals surface area contributed by atoms with Crippen LogP contribution in [0.1, 0.15) is 30.5 Å². The Morgan fingerprint density at radius 2 is 1.81 bits per heavy atom. The molecule has 1 aromatic carbocycles. The third kappa shape index (κ3) is 2.95. The third-order valence-corrected chi connectivity index (χ3v) is 4.22. The van der Waals surface area contributed by atoms with E-state index >= 15 is 0 Å². The molecule has 0 aliphatic heterocycles. The van der Waals surface area contributed by atoms with Gasteiger partial charge in [-0.15, -0.1) is 0 Å². The summed E-state index contributed by atoms with van der Waals surface area (Å²) in [6.45, 7) is 10.2. The van der Waals surface area contributed by atoms with Gasteiger partial charge in [0.15, 0.2) is 0 Å². The summed E-state index contributed by atoms with van der Waals surface area (Å²) in [4.78, 5) is 11.8. The highest BCUT2D eigenvalue weighted by molar-refractivity contribution is 5.85. The second kappa shape index (κ2) is 5.90. The van der Waals surface area contributed by atoms with E-state index in [0.29, 0.717) is 17.8 Å². The van der Waals surface area contributed by atoms with Crippen LogP contribution >= 0.6 is 0 Å². The molecule has 4 nitrogen and oxygen atoms in total. The zero-order valence-electron chi connectivity index (χ0n) is 13.3. The summed E-state index contributed by atoms with van der Waals surface area (Å²) in [7, 11) is 0. The summed E-state index contributed by atoms with van der Waals surface area (Å²) in [6, 6.07) is 3.95. The molecule has 0 radical (unpaired) electrons. The molecule has 2 aromatic rings. The first-order valence-corrected chi connectivity index (χ1v) is 7.25. The van der Waals surface area contributed by atoms with Crippen LogP contribution in [0, 0.1) is 26.7 Å². The Morgan fingerprint density at radius 1 is 1.14 bits per heavy atom. The lowest BCUT2D eigenvalue weighted by atomic mass is 10.0. The predicted molar refractivity (Wildman–Crippen MR) is 85.0 cm³/mol. The zero-order chi connectivity index (χ0) is 15.7. The van der Waals surface area contributed by atoms with Crippen molar-refractivity contribution in [3.63, 3.8) is 0 Å². The molecule has 2 unspecified atom stereocenters. The Hall–Kier alpha value is -1.81. The van der Waals surface area contributed by atoms with Crippen molar-refractivity contribution >= 4 is 11.0 Å². The van der Waals surface area contributed by atoms with Crippen LogP contribution in [0.25, 0.3) is 11.0 Å². The molecule has 4 heteroatoms. The Morgan fingerprint density at radius 3 is 2.43 bits per heavy atom. The van der Waals surface area contributed by atoms with Crippen molar-refractivity contribution in [2.75, 3.05) is 6.61 Å². The average Bonchev–Trinajstić information content (AvgIpc) is 2.44. The fourth-order valence-corrected chi connectivity index (χ4v) is 2.15. The number of benzene rings is 1. The number of hydrogen-bond acceptors (Lipinski definition) is 4. The normalized spacial score (nSPS) is 14.2. The van der Waals surface area contributed by atoms with Crippen molar-refractivity contribution in [1.29, 1.82) is 0 Å². The van der Waals surface area contributed by atoms with E-state index in [0.717, 1.165) is 22.3 Å². The summed E-state index contributed by atoms with van der Waals surface area (Å²) < 4.78 is 11.3. The topological polar surface area (TPSA) is 65.5 Å². The molecule has 0 amide bonds. The van der Waals surface area contributed by atoms with Crippen molar-refractivity contribution in [3.05, 3.63) is 39.2 Å². The molecule has 0 saturated carbocycles. The van der Waals surface area contributed by atoms with E-state index in [1.54, 1.807) is 6.92 Å². The van der Waals surface area contributed by atoms with E-state index in [2.05, 4.69) is 6.92 Å². The Kier molecular flexibility index (Phi) is 4.37. The maximum atomic E-state index is 11.8. The summed E-state index contributed by atoms with van der Waals surface area (Å²) in [6.07, 6.45) is 0. The minimum atomic E-state index is -0.288. The van der Waals surface area contributed by atoms with E-state index in [9.17, 15) is 4.79 Å². The van der Waals surface area contributed by atoms with E-state index in [4.69, 9.17) is 14.9 Å². The molecule has 2 rings (SSSR count). The molecular formula is C17H23NO3. The summed E-state index contributed by atoms with van der Waals surface area (Å²) >= 11 is 0.